The molecule has 4 heterocycles. The number of amides is 3. The molecule has 0 unspecified atom stereocenters. The fraction of sp³-hybridized carbons (Fsp3) is 0.440. The van der Waals surface area contributed by atoms with Crippen molar-refractivity contribution in [2.75, 3.05) is 67.3 Å². The third kappa shape index (κ3) is 6.18. The van der Waals surface area contributed by atoms with E-state index in [0.717, 1.165) is 10.7 Å². The zero-order valence-corrected chi connectivity index (χ0v) is 21.6. The maximum absolute atomic E-state index is 13.3. The number of thioether (sulfide) groups is 1. The number of urea groups is 1. The van der Waals surface area contributed by atoms with Crippen LogP contribution < -0.4 is 15.5 Å². The van der Waals surface area contributed by atoms with Gasteiger partial charge >= 0.3 is 6.03 Å². The third-order valence-corrected chi connectivity index (χ3v) is 6.71. The van der Waals surface area contributed by atoms with Crippen LogP contribution in [-0.4, -0.2) is 89.8 Å². The number of fused-ring (bicyclic) bond motifs is 1. The minimum atomic E-state index is -2.24. The van der Waals surface area contributed by atoms with E-state index in [1.54, 1.807) is 30.9 Å². The summed E-state index contributed by atoms with van der Waals surface area (Å²) < 4.78 is 17.5. The van der Waals surface area contributed by atoms with Crippen molar-refractivity contribution in [2.45, 2.75) is 19.3 Å². The van der Waals surface area contributed by atoms with E-state index in [1.807, 2.05) is 11.2 Å². The van der Waals surface area contributed by atoms with Crippen molar-refractivity contribution in [3.05, 3.63) is 40.7 Å². The monoisotopic (exact) mass is 524 g/mol. The molecule has 0 aromatic carbocycles. The van der Waals surface area contributed by atoms with Crippen LogP contribution in [0.1, 0.15) is 36.3 Å². The summed E-state index contributed by atoms with van der Waals surface area (Å²) in [5.74, 6) is 0.973. The first-order valence-electron chi connectivity index (χ1n) is 12.9. The van der Waals surface area contributed by atoms with Crippen LogP contribution in [0.15, 0.2) is 18.3 Å². The standard InChI is InChI=1S/C25H30N8O3S/c1-31-7-8-32(23(35)15-31)14-18-10-17-4-3-6-33(24(17)29-21(18)16-34)25(36)30-22-11-20(27-5-9-37-2)19(12-26)13-28-22/h10-11,13,16H,3-9,14-15H2,1-2H3,(H2,27,28,30,36)/i14D2. The highest BCUT2D eigenvalue weighted by Gasteiger charge is 2.28. The molecule has 1 fully saturated rings. The van der Waals surface area contributed by atoms with Gasteiger partial charge in [-0.2, -0.15) is 17.0 Å². The Balaban J connectivity index is 1.60. The maximum atomic E-state index is 13.3. The number of aromatic nitrogens is 2. The fourth-order valence-electron chi connectivity index (χ4n) is 4.17. The summed E-state index contributed by atoms with van der Waals surface area (Å²) in [6, 6.07) is 4.71. The van der Waals surface area contributed by atoms with Crippen LogP contribution in [-0.2, 0) is 17.7 Å². The van der Waals surface area contributed by atoms with Gasteiger partial charge in [-0.25, -0.2) is 14.8 Å². The van der Waals surface area contributed by atoms with Gasteiger partial charge in [0.15, 0.2) is 6.29 Å². The Kier molecular flexibility index (Phi) is 7.70. The number of carbonyl (C=O) groups excluding carboxylic acids is 3. The van der Waals surface area contributed by atoms with E-state index in [4.69, 9.17) is 2.74 Å². The zero-order chi connectivity index (χ0) is 28.2. The Bertz CT molecular complexity index is 1320. The number of aldehydes is 1. The smallest absolute Gasteiger partial charge is 0.328 e. The number of rotatable bonds is 8. The first-order valence-corrected chi connectivity index (χ1v) is 13.3. The minimum Gasteiger partial charge on any atom is -0.383 e. The van der Waals surface area contributed by atoms with E-state index in [9.17, 15) is 19.6 Å². The second-order valence-corrected chi connectivity index (χ2v) is 9.73. The van der Waals surface area contributed by atoms with Crippen LogP contribution in [0, 0.1) is 11.3 Å². The number of nitriles is 1. The number of anilines is 3. The quantitative estimate of drug-likeness (QED) is 0.394. The largest absolute Gasteiger partial charge is 0.383 e. The number of carbonyl (C=O) groups is 3. The highest BCUT2D eigenvalue weighted by molar-refractivity contribution is 7.98. The van der Waals surface area contributed by atoms with Gasteiger partial charge in [-0.1, -0.05) is 0 Å². The van der Waals surface area contributed by atoms with Gasteiger partial charge in [0.25, 0.3) is 0 Å². The van der Waals surface area contributed by atoms with Gasteiger partial charge in [-0.05, 0) is 37.8 Å². The predicted octanol–water partition coefficient (Wildman–Crippen LogP) is 2.19. The summed E-state index contributed by atoms with van der Waals surface area (Å²) in [7, 11) is 1.79. The topological polar surface area (TPSA) is 135 Å². The molecule has 2 aliphatic heterocycles. The molecule has 3 amide bonds. The molecule has 1 saturated heterocycles. The molecular formula is C25H30N8O3S. The van der Waals surface area contributed by atoms with E-state index < -0.39 is 12.5 Å². The first kappa shape index (κ1) is 23.7. The normalized spacial score (nSPS) is 16.8. The molecule has 0 atom stereocenters. The number of likely N-dealkylation sites (N-methyl/N-ethyl adjacent to an activating group) is 1. The Morgan fingerprint density at radius 3 is 2.92 bits per heavy atom. The average molecular weight is 525 g/mol. The molecule has 0 saturated carbocycles. The maximum Gasteiger partial charge on any atom is 0.328 e. The zero-order valence-electron chi connectivity index (χ0n) is 22.8. The van der Waals surface area contributed by atoms with Crippen LogP contribution in [0.4, 0.5) is 22.1 Å². The number of pyridine rings is 2. The molecule has 2 aromatic heterocycles. The van der Waals surface area contributed by atoms with Gasteiger partial charge in [-0.3, -0.25) is 24.7 Å². The number of hydrogen-bond acceptors (Lipinski definition) is 9. The van der Waals surface area contributed by atoms with Crippen LogP contribution >= 0.6 is 11.8 Å². The van der Waals surface area contributed by atoms with Crippen LogP contribution in [0.5, 0.6) is 0 Å². The summed E-state index contributed by atoms with van der Waals surface area (Å²) in [6.07, 6.45) is 4.95. The molecule has 0 bridgehead atoms. The molecule has 37 heavy (non-hydrogen) atoms. The molecule has 12 heteroatoms. The highest BCUT2D eigenvalue weighted by Crippen LogP contribution is 2.29. The van der Waals surface area contributed by atoms with E-state index in [0.29, 0.717) is 55.6 Å². The number of aryl methyl sites for hydroxylation is 1. The Morgan fingerprint density at radius 1 is 1.35 bits per heavy atom. The third-order valence-electron chi connectivity index (χ3n) is 6.10. The van der Waals surface area contributed by atoms with Gasteiger partial charge in [0.1, 0.15) is 23.4 Å². The lowest BCUT2D eigenvalue weighted by Gasteiger charge is -2.33. The predicted molar refractivity (Wildman–Crippen MR) is 143 cm³/mol. The van der Waals surface area contributed by atoms with Crippen molar-refractivity contribution in [2.24, 2.45) is 0 Å². The van der Waals surface area contributed by atoms with Gasteiger partial charge in [0.05, 0.1) is 20.5 Å². The van der Waals surface area contributed by atoms with Crippen molar-refractivity contribution in [1.29, 1.82) is 5.26 Å². The molecule has 11 nitrogen and oxygen atoms in total. The number of piperazine rings is 1. The van der Waals surface area contributed by atoms with Crippen molar-refractivity contribution >= 4 is 47.3 Å². The molecule has 0 spiro atoms. The van der Waals surface area contributed by atoms with Gasteiger partial charge < -0.3 is 10.2 Å². The summed E-state index contributed by atoms with van der Waals surface area (Å²) in [5.41, 5.74) is 1.36. The Labute approximate surface area is 223 Å². The molecule has 4 rings (SSSR count). The molecule has 0 aliphatic carbocycles. The lowest BCUT2D eigenvalue weighted by atomic mass is 10.0. The summed E-state index contributed by atoms with van der Waals surface area (Å²) >= 11 is 1.66. The van der Waals surface area contributed by atoms with Crippen molar-refractivity contribution in [3.63, 3.8) is 0 Å². The van der Waals surface area contributed by atoms with Gasteiger partial charge in [-0.15, -0.1) is 0 Å². The lowest BCUT2D eigenvalue weighted by Crippen LogP contribution is -2.48. The Hall–Kier alpha value is -3.69. The van der Waals surface area contributed by atoms with Crippen molar-refractivity contribution in [3.8, 4) is 6.07 Å². The summed E-state index contributed by atoms with van der Waals surface area (Å²) in [5, 5.41) is 15.3. The Morgan fingerprint density at radius 2 is 2.19 bits per heavy atom. The van der Waals surface area contributed by atoms with Crippen LogP contribution in [0.3, 0.4) is 0 Å². The van der Waals surface area contributed by atoms with Crippen molar-refractivity contribution < 1.29 is 17.1 Å². The fourth-order valence-corrected chi connectivity index (χ4v) is 4.47. The van der Waals surface area contributed by atoms with Crippen molar-refractivity contribution in [1.82, 2.24) is 19.8 Å². The summed E-state index contributed by atoms with van der Waals surface area (Å²) in [6.45, 7) is -0.499. The molecule has 2 N–H and O–H groups in total. The van der Waals surface area contributed by atoms with Crippen LogP contribution in [0.2, 0.25) is 0 Å². The molecular weight excluding hydrogens is 492 g/mol. The van der Waals surface area contributed by atoms with E-state index in [2.05, 4.69) is 26.7 Å². The molecule has 194 valence electrons. The van der Waals surface area contributed by atoms with E-state index in [1.165, 1.54) is 11.1 Å². The first-order chi connectivity index (χ1) is 18.7. The SMILES string of the molecule is [2H]C([2H])(c1cc2c(nc1C=O)N(C(=O)Nc1cc(NCCSC)c(C#N)cn1)CCC2)N1CCN(C)CC1=O. The van der Waals surface area contributed by atoms with Gasteiger partial charge in [0, 0.05) is 56.3 Å². The number of nitrogens with zero attached hydrogens (tertiary/aromatic N) is 6. The minimum absolute atomic E-state index is 0.00567. The second-order valence-electron chi connectivity index (χ2n) is 8.75. The second kappa shape index (κ2) is 12.0. The van der Waals surface area contributed by atoms with E-state index in [-0.39, 0.29) is 41.9 Å². The van der Waals surface area contributed by atoms with Gasteiger partial charge in [0.2, 0.25) is 5.91 Å². The van der Waals surface area contributed by atoms with E-state index >= 15 is 0 Å². The number of hydrogen-bond donors (Lipinski definition) is 2. The van der Waals surface area contributed by atoms with Crippen LogP contribution in [0.25, 0.3) is 0 Å². The molecule has 0 radical (unpaired) electrons. The molecule has 2 aliphatic rings. The number of nitrogens with one attached hydrogen (secondary N) is 2. The average Bonchev–Trinajstić information content (AvgIpc) is 2.92. The lowest BCUT2D eigenvalue weighted by molar-refractivity contribution is -0.136. The summed E-state index contributed by atoms with van der Waals surface area (Å²) in [4.78, 5) is 50.9. The highest BCUT2D eigenvalue weighted by atomic mass is 32.2. The molecule has 2 aromatic rings.